The van der Waals surface area contributed by atoms with Crippen molar-refractivity contribution in [2.75, 3.05) is 12.4 Å². The number of benzene rings is 1. The van der Waals surface area contributed by atoms with E-state index in [9.17, 15) is 0 Å². The highest BCUT2D eigenvalue weighted by Crippen LogP contribution is 2.24. The second kappa shape index (κ2) is 5.56. The third-order valence-corrected chi connectivity index (χ3v) is 3.33. The van der Waals surface area contributed by atoms with Crippen LogP contribution in [-0.2, 0) is 5.75 Å². The molecule has 82 valence electrons. The van der Waals surface area contributed by atoms with Gasteiger partial charge in [0.05, 0.1) is 0 Å². The number of hydrogen-bond donors (Lipinski definition) is 1. The molecule has 2 rings (SSSR count). The van der Waals surface area contributed by atoms with Gasteiger partial charge in [-0.25, -0.2) is 4.98 Å². The number of nitrogens with zero attached hydrogens (tertiary/aromatic N) is 1. The molecule has 0 atom stereocenters. The maximum Gasteiger partial charge on any atom is 0.129 e. The topological polar surface area (TPSA) is 24.9 Å². The van der Waals surface area contributed by atoms with Crippen LogP contribution in [0.5, 0.6) is 0 Å². The van der Waals surface area contributed by atoms with Crippen LogP contribution < -0.4 is 5.32 Å². The zero-order valence-electron chi connectivity index (χ0n) is 9.18. The third-order valence-electron chi connectivity index (χ3n) is 2.27. The molecule has 2 nitrogen and oxygen atoms in total. The molecule has 16 heavy (non-hydrogen) atoms. The van der Waals surface area contributed by atoms with Crippen LogP contribution in [0.25, 0.3) is 0 Å². The molecule has 1 aromatic carbocycles. The smallest absolute Gasteiger partial charge is 0.129 e. The summed E-state index contributed by atoms with van der Waals surface area (Å²) in [6, 6.07) is 14.5. The second-order valence-electron chi connectivity index (χ2n) is 3.36. The lowest BCUT2D eigenvalue weighted by Crippen LogP contribution is -1.96. The van der Waals surface area contributed by atoms with Crippen molar-refractivity contribution in [2.45, 2.75) is 10.6 Å². The molecule has 0 aliphatic rings. The SMILES string of the molecule is CNc1ncccc1CSc1ccccc1. The molecular weight excluding hydrogens is 216 g/mol. The maximum absolute atomic E-state index is 4.29. The fourth-order valence-electron chi connectivity index (χ4n) is 1.46. The quantitative estimate of drug-likeness (QED) is 0.815. The summed E-state index contributed by atoms with van der Waals surface area (Å²) in [5.41, 5.74) is 1.24. The van der Waals surface area contributed by atoms with Crippen LogP contribution >= 0.6 is 11.8 Å². The summed E-state index contributed by atoms with van der Waals surface area (Å²) in [7, 11) is 1.90. The minimum atomic E-state index is 0.939. The van der Waals surface area contributed by atoms with Gasteiger partial charge in [-0.3, -0.25) is 0 Å². The highest BCUT2D eigenvalue weighted by Gasteiger charge is 2.01. The molecule has 1 N–H and O–H groups in total. The van der Waals surface area contributed by atoms with Crippen LogP contribution in [0.4, 0.5) is 5.82 Å². The summed E-state index contributed by atoms with van der Waals surface area (Å²) >= 11 is 1.82. The predicted molar refractivity (Wildman–Crippen MR) is 69.8 cm³/mol. The standard InChI is InChI=1S/C13H14N2S/c1-14-13-11(6-5-9-15-13)10-16-12-7-3-2-4-8-12/h2-9H,10H2,1H3,(H,14,15). The highest BCUT2D eigenvalue weighted by molar-refractivity contribution is 7.98. The van der Waals surface area contributed by atoms with E-state index in [1.165, 1.54) is 10.5 Å². The summed E-state index contributed by atoms with van der Waals surface area (Å²) in [6.07, 6.45) is 1.81. The van der Waals surface area contributed by atoms with Crippen molar-refractivity contribution in [3.8, 4) is 0 Å². The molecule has 0 unspecified atom stereocenters. The van der Waals surface area contributed by atoms with Crippen LogP contribution in [0.15, 0.2) is 53.6 Å². The molecule has 1 aromatic heterocycles. The fraction of sp³-hybridized carbons (Fsp3) is 0.154. The fourth-order valence-corrected chi connectivity index (χ4v) is 2.36. The van der Waals surface area contributed by atoms with Crippen molar-refractivity contribution in [3.05, 3.63) is 54.2 Å². The minimum absolute atomic E-state index is 0.939. The molecular formula is C13H14N2S. The number of rotatable bonds is 4. The first-order valence-corrected chi connectivity index (χ1v) is 6.18. The molecule has 0 saturated carbocycles. The third kappa shape index (κ3) is 2.76. The normalized spacial score (nSPS) is 10.1. The number of hydrogen-bond acceptors (Lipinski definition) is 3. The molecule has 3 heteroatoms. The summed E-state index contributed by atoms with van der Waals surface area (Å²) in [5.74, 6) is 1.90. The Balaban J connectivity index is 2.05. The van der Waals surface area contributed by atoms with Gasteiger partial charge in [0.1, 0.15) is 5.82 Å². The van der Waals surface area contributed by atoms with Gasteiger partial charge in [0, 0.05) is 29.5 Å². The molecule has 2 aromatic rings. The Morgan fingerprint density at radius 2 is 1.94 bits per heavy atom. The molecule has 0 radical (unpaired) electrons. The Bertz CT molecular complexity index is 443. The zero-order valence-corrected chi connectivity index (χ0v) is 10.00. The van der Waals surface area contributed by atoms with Crippen molar-refractivity contribution < 1.29 is 0 Å². The Morgan fingerprint density at radius 3 is 2.69 bits per heavy atom. The van der Waals surface area contributed by atoms with Crippen LogP contribution in [0, 0.1) is 0 Å². The summed E-state index contributed by atoms with van der Waals surface area (Å²) in [5, 5.41) is 3.11. The Kier molecular flexibility index (Phi) is 3.83. The molecule has 1 heterocycles. The van der Waals surface area contributed by atoms with E-state index in [0.29, 0.717) is 0 Å². The lowest BCUT2D eigenvalue weighted by atomic mass is 10.3. The largest absolute Gasteiger partial charge is 0.373 e. The number of pyridine rings is 1. The molecule has 0 spiro atoms. The average molecular weight is 230 g/mol. The zero-order chi connectivity index (χ0) is 11.2. The van der Waals surface area contributed by atoms with Crippen molar-refractivity contribution in [3.63, 3.8) is 0 Å². The number of thioether (sulfide) groups is 1. The maximum atomic E-state index is 4.29. The van der Waals surface area contributed by atoms with Gasteiger partial charge in [-0.2, -0.15) is 0 Å². The van der Waals surface area contributed by atoms with E-state index >= 15 is 0 Å². The van der Waals surface area contributed by atoms with E-state index in [4.69, 9.17) is 0 Å². The van der Waals surface area contributed by atoms with Gasteiger partial charge in [0.15, 0.2) is 0 Å². The van der Waals surface area contributed by atoms with Crippen molar-refractivity contribution >= 4 is 17.6 Å². The van der Waals surface area contributed by atoms with Gasteiger partial charge < -0.3 is 5.32 Å². The average Bonchev–Trinajstić information content (AvgIpc) is 2.38. The molecule has 0 bridgehead atoms. The Labute approximate surface area is 100 Å². The minimum Gasteiger partial charge on any atom is -0.373 e. The van der Waals surface area contributed by atoms with Crippen LogP contribution in [0.1, 0.15) is 5.56 Å². The lowest BCUT2D eigenvalue weighted by Gasteiger charge is -2.07. The Hall–Kier alpha value is -1.48. The molecule has 0 amide bonds. The van der Waals surface area contributed by atoms with E-state index in [-0.39, 0.29) is 0 Å². The number of nitrogens with one attached hydrogen (secondary N) is 1. The van der Waals surface area contributed by atoms with E-state index < -0.39 is 0 Å². The molecule has 0 aliphatic heterocycles. The second-order valence-corrected chi connectivity index (χ2v) is 4.41. The molecule has 0 fully saturated rings. The van der Waals surface area contributed by atoms with Crippen molar-refractivity contribution in [2.24, 2.45) is 0 Å². The van der Waals surface area contributed by atoms with Gasteiger partial charge in [-0.05, 0) is 18.2 Å². The summed E-state index contributed by atoms with van der Waals surface area (Å²) < 4.78 is 0. The lowest BCUT2D eigenvalue weighted by molar-refractivity contribution is 1.22. The molecule has 0 aliphatic carbocycles. The summed E-state index contributed by atoms with van der Waals surface area (Å²) in [4.78, 5) is 5.57. The first-order valence-electron chi connectivity index (χ1n) is 5.19. The van der Waals surface area contributed by atoms with Gasteiger partial charge >= 0.3 is 0 Å². The highest BCUT2D eigenvalue weighted by atomic mass is 32.2. The summed E-state index contributed by atoms with van der Waals surface area (Å²) in [6.45, 7) is 0. The van der Waals surface area contributed by atoms with Crippen molar-refractivity contribution in [1.82, 2.24) is 4.98 Å². The van der Waals surface area contributed by atoms with Crippen LogP contribution in [-0.4, -0.2) is 12.0 Å². The monoisotopic (exact) mass is 230 g/mol. The van der Waals surface area contributed by atoms with E-state index in [2.05, 4.69) is 40.6 Å². The molecule has 0 saturated heterocycles. The van der Waals surface area contributed by atoms with Gasteiger partial charge in [0.2, 0.25) is 0 Å². The van der Waals surface area contributed by atoms with Gasteiger partial charge in [-0.1, -0.05) is 24.3 Å². The van der Waals surface area contributed by atoms with E-state index in [1.807, 2.05) is 37.1 Å². The number of anilines is 1. The first-order chi connectivity index (χ1) is 7.90. The number of aromatic nitrogens is 1. The first kappa shape index (κ1) is 11.0. The predicted octanol–water partition coefficient (Wildman–Crippen LogP) is 3.42. The van der Waals surface area contributed by atoms with Gasteiger partial charge in [0.25, 0.3) is 0 Å². The van der Waals surface area contributed by atoms with Crippen LogP contribution in [0.3, 0.4) is 0 Å². The van der Waals surface area contributed by atoms with E-state index in [1.54, 1.807) is 0 Å². The van der Waals surface area contributed by atoms with Crippen LogP contribution in [0.2, 0.25) is 0 Å². The van der Waals surface area contributed by atoms with E-state index in [0.717, 1.165) is 11.6 Å². The van der Waals surface area contributed by atoms with Gasteiger partial charge in [-0.15, -0.1) is 11.8 Å². The Morgan fingerprint density at radius 1 is 1.12 bits per heavy atom. The van der Waals surface area contributed by atoms with Crippen molar-refractivity contribution in [1.29, 1.82) is 0 Å².